The highest BCUT2D eigenvalue weighted by Gasteiger charge is 2.18. The van der Waals surface area contributed by atoms with Crippen LogP contribution in [-0.2, 0) is 11.8 Å². The fourth-order valence-electron chi connectivity index (χ4n) is 1.45. The number of aryl methyl sites for hydroxylation is 1. The fourth-order valence-corrected chi connectivity index (χ4v) is 1.45. The van der Waals surface area contributed by atoms with Crippen molar-refractivity contribution in [2.45, 2.75) is 6.42 Å². The first-order valence-electron chi connectivity index (χ1n) is 5.56. The lowest BCUT2D eigenvalue weighted by atomic mass is 10.4. The number of esters is 1. The zero-order valence-electron chi connectivity index (χ0n) is 10.4. The first kappa shape index (κ1) is 13.6. The molecule has 0 saturated heterocycles. The predicted molar refractivity (Wildman–Crippen MR) is 62.8 cm³/mol. The van der Waals surface area contributed by atoms with Gasteiger partial charge in [0.1, 0.15) is 6.33 Å². The Labute approximate surface area is 110 Å². The van der Waals surface area contributed by atoms with Crippen LogP contribution in [0.4, 0.5) is 0 Å². The molecular formula is C9H10N6O5. The molecule has 0 amide bonds. The molecule has 0 fully saturated rings. The molecule has 0 N–H and O–H groups in total. The third-order valence-electron chi connectivity index (χ3n) is 2.41. The molecule has 2 aromatic heterocycles. The van der Waals surface area contributed by atoms with Crippen molar-refractivity contribution < 1.29 is 14.5 Å². The van der Waals surface area contributed by atoms with Crippen LogP contribution in [0.2, 0.25) is 0 Å². The largest absolute Gasteiger partial charge is 0.461 e. The van der Waals surface area contributed by atoms with E-state index in [9.17, 15) is 19.7 Å². The Balaban J connectivity index is 2.13. The maximum absolute atomic E-state index is 11.7. The first-order valence-corrected chi connectivity index (χ1v) is 5.56. The number of imidazole rings is 1. The van der Waals surface area contributed by atoms with Gasteiger partial charge in [-0.05, 0) is 0 Å². The van der Waals surface area contributed by atoms with Crippen LogP contribution in [0.1, 0.15) is 16.9 Å². The molecule has 0 aromatic carbocycles. The molecule has 11 heteroatoms. The quantitative estimate of drug-likeness (QED) is 0.284. The Kier molecular flexibility index (Phi) is 3.68. The molecule has 106 valence electrons. The van der Waals surface area contributed by atoms with E-state index >= 15 is 0 Å². The molecule has 2 aromatic rings. The highest BCUT2D eigenvalue weighted by atomic mass is 16.6. The van der Waals surface area contributed by atoms with E-state index in [1.807, 2.05) is 0 Å². The standard InChI is InChI=1S/C9H10N6O5/c1-13-9(17)14-5-10-6(7(14)11-12-13)8(16)20-4-2-3-15(18)19/h5H,2-4H2,1H3. The van der Waals surface area contributed by atoms with Crippen LogP contribution in [0.5, 0.6) is 0 Å². The Bertz CT molecular complexity index is 719. The van der Waals surface area contributed by atoms with Gasteiger partial charge in [0, 0.05) is 18.4 Å². The molecule has 0 radical (unpaired) electrons. The molecule has 0 spiro atoms. The van der Waals surface area contributed by atoms with E-state index < -0.39 is 16.6 Å². The van der Waals surface area contributed by atoms with Crippen LogP contribution in [0.25, 0.3) is 5.65 Å². The molecular weight excluding hydrogens is 272 g/mol. The van der Waals surface area contributed by atoms with Crippen LogP contribution in [0.15, 0.2) is 11.1 Å². The number of rotatable bonds is 5. The third-order valence-corrected chi connectivity index (χ3v) is 2.41. The van der Waals surface area contributed by atoms with Gasteiger partial charge < -0.3 is 4.74 Å². The second-order valence-electron chi connectivity index (χ2n) is 3.83. The fraction of sp³-hybridized carbons (Fsp3) is 0.444. The Hall–Kier alpha value is -2.85. The summed E-state index contributed by atoms with van der Waals surface area (Å²) in [5.74, 6) is -0.807. The molecule has 20 heavy (non-hydrogen) atoms. The van der Waals surface area contributed by atoms with Gasteiger partial charge in [-0.25, -0.2) is 19.0 Å². The summed E-state index contributed by atoms with van der Waals surface area (Å²) >= 11 is 0. The van der Waals surface area contributed by atoms with Crippen molar-refractivity contribution in [1.82, 2.24) is 24.4 Å². The minimum atomic E-state index is -0.807. The smallest absolute Gasteiger partial charge is 0.360 e. The molecule has 11 nitrogen and oxygen atoms in total. The van der Waals surface area contributed by atoms with Gasteiger partial charge in [0.15, 0.2) is 11.3 Å². The van der Waals surface area contributed by atoms with E-state index in [0.29, 0.717) is 0 Å². The number of aromatic nitrogens is 5. The van der Waals surface area contributed by atoms with Gasteiger partial charge in [-0.3, -0.25) is 10.1 Å². The number of hydrogen-bond acceptors (Lipinski definition) is 8. The molecule has 0 unspecified atom stereocenters. The number of ether oxygens (including phenoxy) is 1. The SMILES string of the molecule is Cn1nnc2c(C(=O)OCCC[N+](=O)[O-])ncn2c1=O. The van der Waals surface area contributed by atoms with Crippen molar-refractivity contribution in [3.8, 4) is 0 Å². The lowest BCUT2D eigenvalue weighted by Gasteiger charge is -2.01. The number of hydrogen-bond donors (Lipinski definition) is 0. The molecule has 2 rings (SSSR count). The summed E-state index contributed by atoms with van der Waals surface area (Å²) in [6.07, 6.45) is 1.23. The monoisotopic (exact) mass is 282 g/mol. The van der Waals surface area contributed by atoms with Crippen molar-refractivity contribution in [1.29, 1.82) is 0 Å². The maximum Gasteiger partial charge on any atom is 0.360 e. The second-order valence-corrected chi connectivity index (χ2v) is 3.83. The van der Waals surface area contributed by atoms with Gasteiger partial charge >= 0.3 is 11.7 Å². The van der Waals surface area contributed by atoms with Crippen molar-refractivity contribution in [2.24, 2.45) is 7.05 Å². The van der Waals surface area contributed by atoms with E-state index in [0.717, 1.165) is 15.4 Å². The highest BCUT2D eigenvalue weighted by Crippen LogP contribution is 2.04. The number of nitro groups is 1. The third kappa shape index (κ3) is 2.60. The molecule has 0 aliphatic heterocycles. The summed E-state index contributed by atoms with van der Waals surface area (Å²) in [5.41, 5.74) is -0.682. The summed E-state index contributed by atoms with van der Waals surface area (Å²) < 4.78 is 6.86. The van der Waals surface area contributed by atoms with Crippen molar-refractivity contribution in [3.05, 3.63) is 32.6 Å². The minimum Gasteiger partial charge on any atom is -0.461 e. The summed E-state index contributed by atoms with van der Waals surface area (Å²) in [7, 11) is 1.41. The van der Waals surface area contributed by atoms with Crippen LogP contribution >= 0.6 is 0 Å². The molecule has 0 aliphatic rings. The zero-order valence-corrected chi connectivity index (χ0v) is 10.4. The maximum atomic E-state index is 11.7. The summed E-state index contributed by atoms with van der Waals surface area (Å²) in [6.45, 7) is -0.408. The van der Waals surface area contributed by atoms with Gasteiger partial charge in [0.2, 0.25) is 6.54 Å². The van der Waals surface area contributed by atoms with E-state index in [2.05, 4.69) is 15.3 Å². The average Bonchev–Trinajstić information content (AvgIpc) is 2.83. The Morgan fingerprint density at radius 3 is 3.00 bits per heavy atom. The highest BCUT2D eigenvalue weighted by molar-refractivity contribution is 5.93. The summed E-state index contributed by atoms with van der Waals surface area (Å²) in [4.78, 5) is 36.7. The predicted octanol–water partition coefficient (Wildman–Crippen LogP) is -1.35. The van der Waals surface area contributed by atoms with Crippen molar-refractivity contribution in [3.63, 3.8) is 0 Å². The molecule has 0 bridgehead atoms. The Morgan fingerprint density at radius 1 is 1.55 bits per heavy atom. The lowest BCUT2D eigenvalue weighted by Crippen LogP contribution is -2.27. The summed E-state index contributed by atoms with van der Waals surface area (Å²) in [5, 5.41) is 17.3. The van der Waals surface area contributed by atoms with Crippen LogP contribution in [0, 0.1) is 10.1 Å². The van der Waals surface area contributed by atoms with Gasteiger partial charge in [-0.15, -0.1) is 5.10 Å². The van der Waals surface area contributed by atoms with Crippen LogP contribution < -0.4 is 5.69 Å². The molecule has 0 aliphatic carbocycles. The number of fused-ring (bicyclic) bond motifs is 1. The van der Waals surface area contributed by atoms with E-state index in [4.69, 9.17) is 4.74 Å². The van der Waals surface area contributed by atoms with Gasteiger partial charge in [-0.2, -0.15) is 4.68 Å². The molecule has 0 saturated carbocycles. The van der Waals surface area contributed by atoms with E-state index in [1.165, 1.54) is 7.05 Å². The topological polar surface area (TPSA) is 135 Å². The summed E-state index contributed by atoms with van der Waals surface area (Å²) in [6, 6.07) is 0. The van der Waals surface area contributed by atoms with Gasteiger partial charge in [0.25, 0.3) is 0 Å². The van der Waals surface area contributed by atoms with Gasteiger partial charge in [-0.1, -0.05) is 5.21 Å². The number of nitrogens with zero attached hydrogens (tertiary/aromatic N) is 6. The van der Waals surface area contributed by atoms with E-state index in [1.54, 1.807) is 0 Å². The molecule has 0 atom stereocenters. The molecule has 2 heterocycles. The minimum absolute atomic E-state index is 0.0209. The van der Waals surface area contributed by atoms with E-state index in [-0.39, 0.29) is 30.9 Å². The van der Waals surface area contributed by atoms with Gasteiger partial charge in [0.05, 0.1) is 6.61 Å². The second kappa shape index (κ2) is 5.42. The average molecular weight is 282 g/mol. The number of carbonyl (C=O) groups excluding carboxylic acids is 1. The lowest BCUT2D eigenvalue weighted by molar-refractivity contribution is -0.480. The van der Waals surface area contributed by atoms with Crippen LogP contribution in [-0.4, -0.2) is 48.4 Å². The van der Waals surface area contributed by atoms with Crippen LogP contribution in [0.3, 0.4) is 0 Å². The first-order chi connectivity index (χ1) is 9.50. The van der Waals surface area contributed by atoms with Crippen molar-refractivity contribution in [2.75, 3.05) is 13.2 Å². The zero-order chi connectivity index (χ0) is 14.7. The van der Waals surface area contributed by atoms with Crippen molar-refractivity contribution >= 4 is 11.6 Å². The Morgan fingerprint density at radius 2 is 2.30 bits per heavy atom. The normalized spacial score (nSPS) is 10.7. The number of carbonyl (C=O) groups is 1.